The van der Waals surface area contributed by atoms with Crippen molar-refractivity contribution in [2.45, 2.75) is 26.8 Å². The third kappa shape index (κ3) is 4.97. The molecule has 4 rings (SSSR count). The molecule has 0 fully saturated rings. The van der Waals surface area contributed by atoms with E-state index in [-0.39, 0.29) is 16.1 Å². The van der Waals surface area contributed by atoms with E-state index in [4.69, 9.17) is 16.3 Å². The van der Waals surface area contributed by atoms with Crippen LogP contribution in [0.5, 0.6) is 5.75 Å². The van der Waals surface area contributed by atoms with Gasteiger partial charge >= 0.3 is 5.69 Å². The highest BCUT2D eigenvalue weighted by Gasteiger charge is 2.25. The highest BCUT2D eigenvalue weighted by atomic mass is 35.5. The number of hydrogen-bond acceptors (Lipinski definition) is 6. The molecule has 0 bridgehead atoms. The van der Waals surface area contributed by atoms with Gasteiger partial charge < -0.3 is 15.0 Å². The molecule has 2 amide bonds. The molecular formula is C27H27ClN4O5S. The van der Waals surface area contributed by atoms with Crippen LogP contribution in [0.15, 0.2) is 52.1 Å². The molecule has 38 heavy (non-hydrogen) atoms. The van der Waals surface area contributed by atoms with Crippen molar-refractivity contribution in [2.24, 2.45) is 0 Å². The molecule has 1 N–H and O–H groups in total. The number of amides is 2. The van der Waals surface area contributed by atoms with Gasteiger partial charge in [-0.15, -0.1) is 11.3 Å². The standard InChI is InChI=1S/C27H27ClN4O5S/c1-6-16-7-10-18(11-8-16)32-24(34)22-15(2)23(25(35)30(3)4)38-26(22)31(27(32)36)14-21(33)29-19-13-17(28)9-12-20(19)37-5/h7-13H,6,14H2,1-5H3,(H,29,33). The van der Waals surface area contributed by atoms with E-state index >= 15 is 0 Å². The Hall–Kier alpha value is -3.89. The van der Waals surface area contributed by atoms with E-state index < -0.39 is 23.7 Å². The largest absolute Gasteiger partial charge is 0.495 e. The molecule has 4 aromatic rings. The van der Waals surface area contributed by atoms with E-state index in [0.29, 0.717) is 32.6 Å². The molecule has 0 aliphatic carbocycles. The molecule has 0 aliphatic rings. The van der Waals surface area contributed by atoms with Crippen molar-refractivity contribution in [1.82, 2.24) is 14.0 Å². The minimum atomic E-state index is -0.690. The van der Waals surface area contributed by atoms with Crippen LogP contribution in [-0.4, -0.2) is 47.1 Å². The highest BCUT2D eigenvalue weighted by Crippen LogP contribution is 2.30. The number of nitrogens with one attached hydrogen (secondary N) is 1. The van der Waals surface area contributed by atoms with Crippen LogP contribution >= 0.6 is 22.9 Å². The van der Waals surface area contributed by atoms with Crippen LogP contribution in [-0.2, 0) is 17.8 Å². The summed E-state index contributed by atoms with van der Waals surface area (Å²) in [6.45, 7) is 3.27. The predicted molar refractivity (Wildman–Crippen MR) is 150 cm³/mol. The molecule has 2 aromatic heterocycles. The topological polar surface area (TPSA) is 103 Å². The van der Waals surface area contributed by atoms with Gasteiger partial charge in [0.25, 0.3) is 11.5 Å². The molecule has 0 saturated heterocycles. The van der Waals surface area contributed by atoms with Crippen molar-refractivity contribution >= 4 is 50.7 Å². The van der Waals surface area contributed by atoms with Gasteiger partial charge in [-0.25, -0.2) is 9.36 Å². The SMILES string of the molecule is CCc1ccc(-n2c(=O)c3c(C)c(C(=O)N(C)C)sc3n(CC(=O)Nc3cc(Cl)ccc3OC)c2=O)cc1. The average molecular weight is 555 g/mol. The summed E-state index contributed by atoms with van der Waals surface area (Å²) >= 11 is 7.11. The summed E-state index contributed by atoms with van der Waals surface area (Å²) in [4.78, 5) is 55.5. The molecule has 198 valence electrons. The molecule has 0 spiro atoms. The number of rotatable bonds is 7. The van der Waals surface area contributed by atoms with E-state index in [1.54, 1.807) is 45.3 Å². The number of benzene rings is 2. The van der Waals surface area contributed by atoms with Gasteiger partial charge in [-0.05, 0) is 54.8 Å². The smallest absolute Gasteiger partial charge is 0.337 e. The first-order valence-corrected chi connectivity index (χ1v) is 13.0. The number of ether oxygens (including phenoxy) is 1. The molecule has 2 aromatic carbocycles. The highest BCUT2D eigenvalue weighted by molar-refractivity contribution is 7.20. The zero-order valence-corrected chi connectivity index (χ0v) is 23.2. The second-order valence-corrected chi connectivity index (χ2v) is 10.3. The second kappa shape index (κ2) is 10.8. The lowest BCUT2D eigenvalue weighted by Gasteiger charge is -2.14. The van der Waals surface area contributed by atoms with Gasteiger partial charge in [0, 0.05) is 19.1 Å². The predicted octanol–water partition coefficient (Wildman–Crippen LogP) is 4.09. The number of carbonyl (C=O) groups is 2. The zero-order valence-electron chi connectivity index (χ0n) is 21.6. The normalized spacial score (nSPS) is 11.0. The Bertz CT molecular complexity index is 1670. The number of aromatic nitrogens is 2. The second-order valence-electron chi connectivity index (χ2n) is 8.86. The summed E-state index contributed by atoms with van der Waals surface area (Å²) < 4.78 is 7.56. The Kier molecular flexibility index (Phi) is 7.75. The molecule has 0 saturated carbocycles. The van der Waals surface area contributed by atoms with Crippen LogP contribution in [0.4, 0.5) is 5.69 Å². The van der Waals surface area contributed by atoms with Crippen molar-refractivity contribution in [2.75, 3.05) is 26.5 Å². The molecule has 0 aliphatic heterocycles. The summed E-state index contributed by atoms with van der Waals surface area (Å²) in [6, 6.07) is 11.9. The fourth-order valence-corrected chi connectivity index (χ4v) is 5.60. The number of carbonyl (C=O) groups excluding carboxylic acids is 2. The lowest BCUT2D eigenvalue weighted by atomic mass is 10.1. The molecular weight excluding hydrogens is 528 g/mol. The fraction of sp³-hybridized carbons (Fsp3) is 0.259. The van der Waals surface area contributed by atoms with Gasteiger partial charge in [-0.2, -0.15) is 0 Å². The van der Waals surface area contributed by atoms with E-state index in [0.717, 1.165) is 27.9 Å². The zero-order chi connectivity index (χ0) is 27.7. The van der Waals surface area contributed by atoms with Crippen molar-refractivity contribution < 1.29 is 14.3 Å². The first kappa shape index (κ1) is 27.2. The van der Waals surface area contributed by atoms with Crippen LogP contribution in [0, 0.1) is 6.92 Å². The number of thiophene rings is 1. The molecule has 2 heterocycles. The third-order valence-corrected chi connectivity index (χ3v) is 7.69. The van der Waals surface area contributed by atoms with Crippen molar-refractivity contribution in [3.8, 4) is 11.4 Å². The molecule has 0 atom stereocenters. The fourth-order valence-electron chi connectivity index (χ4n) is 4.11. The van der Waals surface area contributed by atoms with E-state index in [1.165, 1.54) is 22.6 Å². The summed E-state index contributed by atoms with van der Waals surface area (Å²) in [7, 11) is 4.68. The van der Waals surface area contributed by atoms with E-state index in [2.05, 4.69) is 5.32 Å². The van der Waals surface area contributed by atoms with Crippen LogP contribution < -0.4 is 21.3 Å². The number of aryl methyl sites for hydroxylation is 2. The maximum Gasteiger partial charge on any atom is 0.337 e. The minimum Gasteiger partial charge on any atom is -0.495 e. The van der Waals surface area contributed by atoms with E-state index in [9.17, 15) is 19.2 Å². The van der Waals surface area contributed by atoms with Crippen LogP contribution in [0.25, 0.3) is 15.9 Å². The Morgan fingerprint density at radius 2 is 1.79 bits per heavy atom. The molecule has 0 radical (unpaired) electrons. The summed E-state index contributed by atoms with van der Waals surface area (Å²) in [5.74, 6) is -0.437. The Labute approximate surface area is 227 Å². The summed E-state index contributed by atoms with van der Waals surface area (Å²) in [5.41, 5.74) is 0.973. The molecule has 0 unspecified atom stereocenters. The van der Waals surface area contributed by atoms with Gasteiger partial charge in [0.2, 0.25) is 5.91 Å². The van der Waals surface area contributed by atoms with Crippen molar-refractivity contribution in [3.05, 3.63) is 84.3 Å². The third-order valence-electron chi connectivity index (χ3n) is 6.15. The monoisotopic (exact) mass is 554 g/mol. The maximum atomic E-state index is 13.8. The first-order chi connectivity index (χ1) is 18.1. The maximum absolute atomic E-state index is 13.8. The number of anilines is 1. The quantitative estimate of drug-likeness (QED) is 0.371. The number of nitrogens with zero attached hydrogens (tertiary/aromatic N) is 3. The molecule has 9 nitrogen and oxygen atoms in total. The summed E-state index contributed by atoms with van der Waals surface area (Å²) in [5, 5.41) is 3.34. The first-order valence-electron chi connectivity index (χ1n) is 11.8. The van der Waals surface area contributed by atoms with Gasteiger partial charge in [-0.1, -0.05) is 30.7 Å². The van der Waals surface area contributed by atoms with Gasteiger partial charge in [0.1, 0.15) is 17.1 Å². The lowest BCUT2D eigenvalue weighted by Crippen LogP contribution is -2.40. The average Bonchev–Trinajstić information content (AvgIpc) is 3.23. The van der Waals surface area contributed by atoms with Gasteiger partial charge in [-0.3, -0.25) is 19.0 Å². The molecule has 11 heteroatoms. The van der Waals surface area contributed by atoms with Gasteiger partial charge in [0.05, 0.1) is 28.7 Å². The number of halogens is 1. The van der Waals surface area contributed by atoms with Crippen molar-refractivity contribution in [1.29, 1.82) is 0 Å². The number of methoxy groups -OCH3 is 1. The van der Waals surface area contributed by atoms with Crippen LogP contribution in [0.1, 0.15) is 27.7 Å². The number of hydrogen-bond donors (Lipinski definition) is 1. The number of fused-ring (bicyclic) bond motifs is 1. The Morgan fingerprint density at radius 1 is 1.11 bits per heavy atom. The van der Waals surface area contributed by atoms with Crippen LogP contribution in [0.2, 0.25) is 5.02 Å². The Morgan fingerprint density at radius 3 is 2.39 bits per heavy atom. The summed E-state index contributed by atoms with van der Waals surface area (Å²) in [6.07, 6.45) is 0.797. The lowest BCUT2D eigenvalue weighted by molar-refractivity contribution is -0.116. The van der Waals surface area contributed by atoms with Crippen LogP contribution in [0.3, 0.4) is 0 Å². The van der Waals surface area contributed by atoms with E-state index in [1.807, 2.05) is 19.1 Å². The van der Waals surface area contributed by atoms with Gasteiger partial charge in [0.15, 0.2) is 0 Å². The van der Waals surface area contributed by atoms with Crippen molar-refractivity contribution in [3.63, 3.8) is 0 Å². The Balaban J connectivity index is 1.92. The minimum absolute atomic E-state index is 0.215.